The summed E-state index contributed by atoms with van der Waals surface area (Å²) in [6, 6.07) is 17.0. The van der Waals surface area contributed by atoms with Gasteiger partial charge in [-0.05, 0) is 36.8 Å². The number of thiophene rings is 1. The van der Waals surface area contributed by atoms with Crippen molar-refractivity contribution < 1.29 is 9.59 Å². The van der Waals surface area contributed by atoms with Crippen LogP contribution >= 0.6 is 22.9 Å². The number of amides is 2. The molecule has 0 spiro atoms. The number of carbonyl (C=O) groups excluding carboxylic acids is 2. The van der Waals surface area contributed by atoms with E-state index in [1.54, 1.807) is 23.1 Å². The first kappa shape index (κ1) is 17.8. The SMILES string of the molecule is Cc1ccc(CN2Cc3c(NC(=O)c4ccc(Cl)s4)cccc3C2=O)cc1. The molecule has 27 heavy (non-hydrogen) atoms. The minimum atomic E-state index is -0.218. The Morgan fingerprint density at radius 1 is 1.15 bits per heavy atom. The first-order chi connectivity index (χ1) is 13.0. The van der Waals surface area contributed by atoms with Crippen LogP contribution in [0.2, 0.25) is 4.34 Å². The largest absolute Gasteiger partial charge is 0.330 e. The predicted molar refractivity (Wildman–Crippen MR) is 108 cm³/mol. The van der Waals surface area contributed by atoms with E-state index >= 15 is 0 Å². The van der Waals surface area contributed by atoms with Crippen molar-refractivity contribution in [2.45, 2.75) is 20.0 Å². The van der Waals surface area contributed by atoms with Gasteiger partial charge in [-0.3, -0.25) is 9.59 Å². The van der Waals surface area contributed by atoms with E-state index in [0.717, 1.165) is 11.1 Å². The lowest BCUT2D eigenvalue weighted by atomic mass is 10.1. The Hall–Kier alpha value is -2.63. The van der Waals surface area contributed by atoms with Crippen molar-refractivity contribution in [1.29, 1.82) is 0 Å². The highest BCUT2D eigenvalue weighted by molar-refractivity contribution is 7.18. The third-order valence-corrected chi connectivity index (χ3v) is 5.81. The number of nitrogens with one attached hydrogen (secondary N) is 1. The van der Waals surface area contributed by atoms with Crippen LogP contribution in [-0.2, 0) is 13.1 Å². The highest BCUT2D eigenvalue weighted by Gasteiger charge is 2.29. The summed E-state index contributed by atoms with van der Waals surface area (Å²) < 4.78 is 0.567. The average Bonchev–Trinajstić information content (AvgIpc) is 3.22. The number of carbonyl (C=O) groups is 2. The zero-order valence-corrected chi connectivity index (χ0v) is 16.2. The highest BCUT2D eigenvalue weighted by atomic mass is 35.5. The highest BCUT2D eigenvalue weighted by Crippen LogP contribution is 2.31. The van der Waals surface area contributed by atoms with Gasteiger partial charge in [-0.25, -0.2) is 0 Å². The van der Waals surface area contributed by atoms with E-state index in [2.05, 4.69) is 5.32 Å². The lowest BCUT2D eigenvalue weighted by Crippen LogP contribution is -2.23. The zero-order chi connectivity index (χ0) is 19.0. The maximum absolute atomic E-state index is 12.8. The van der Waals surface area contributed by atoms with E-state index in [0.29, 0.717) is 33.6 Å². The van der Waals surface area contributed by atoms with Gasteiger partial charge in [0.2, 0.25) is 0 Å². The van der Waals surface area contributed by atoms with E-state index in [1.165, 1.54) is 16.9 Å². The summed E-state index contributed by atoms with van der Waals surface area (Å²) >= 11 is 7.14. The molecule has 1 aliphatic rings. The first-order valence-corrected chi connectivity index (χ1v) is 9.74. The predicted octanol–water partition coefficient (Wildman–Crippen LogP) is 5.12. The number of anilines is 1. The molecular weight excluding hydrogens is 380 g/mol. The quantitative estimate of drug-likeness (QED) is 0.665. The van der Waals surface area contributed by atoms with Gasteiger partial charge >= 0.3 is 0 Å². The van der Waals surface area contributed by atoms with Crippen molar-refractivity contribution in [1.82, 2.24) is 4.90 Å². The fraction of sp³-hybridized carbons (Fsp3) is 0.143. The van der Waals surface area contributed by atoms with Crippen molar-refractivity contribution >= 4 is 40.4 Å². The summed E-state index contributed by atoms with van der Waals surface area (Å²) in [6.07, 6.45) is 0. The van der Waals surface area contributed by atoms with Gasteiger partial charge in [-0.15, -0.1) is 11.3 Å². The van der Waals surface area contributed by atoms with Crippen LogP contribution in [0.3, 0.4) is 0 Å². The lowest BCUT2D eigenvalue weighted by molar-refractivity contribution is 0.0766. The van der Waals surface area contributed by atoms with Gasteiger partial charge < -0.3 is 10.2 Å². The van der Waals surface area contributed by atoms with Gasteiger partial charge in [0.1, 0.15) is 0 Å². The van der Waals surface area contributed by atoms with Crippen LogP contribution in [0.5, 0.6) is 0 Å². The molecule has 0 saturated heterocycles. The molecule has 1 N–H and O–H groups in total. The molecule has 4 rings (SSSR count). The maximum Gasteiger partial charge on any atom is 0.265 e. The molecule has 2 aromatic carbocycles. The number of hydrogen-bond acceptors (Lipinski definition) is 3. The van der Waals surface area contributed by atoms with Crippen molar-refractivity contribution in [2.75, 3.05) is 5.32 Å². The fourth-order valence-corrected chi connectivity index (χ4v) is 4.11. The van der Waals surface area contributed by atoms with E-state index in [9.17, 15) is 9.59 Å². The Balaban J connectivity index is 1.55. The second kappa shape index (κ2) is 7.18. The molecule has 1 aromatic heterocycles. The number of rotatable bonds is 4. The Morgan fingerprint density at radius 3 is 2.63 bits per heavy atom. The molecule has 1 aliphatic heterocycles. The minimum Gasteiger partial charge on any atom is -0.330 e. The summed E-state index contributed by atoms with van der Waals surface area (Å²) in [4.78, 5) is 27.6. The molecule has 4 nitrogen and oxygen atoms in total. The van der Waals surface area contributed by atoms with Crippen LogP contribution in [0.1, 0.15) is 36.7 Å². The Kier molecular flexibility index (Phi) is 4.72. The zero-order valence-electron chi connectivity index (χ0n) is 14.7. The fourth-order valence-electron chi connectivity index (χ4n) is 3.17. The number of nitrogens with zero attached hydrogens (tertiary/aromatic N) is 1. The molecular formula is C21H17ClN2O2S. The number of aryl methyl sites for hydroxylation is 1. The Labute approximate surface area is 166 Å². The van der Waals surface area contributed by atoms with E-state index in [4.69, 9.17) is 11.6 Å². The summed E-state index contributed by atoms with van der Waals surface area (Å²) in [5, 5.41) is 2.92. The number of hydrogen-bond donors (Lipinski definition) is 1. The van der Waals surface area contributed by atoms with Gasteiger partial charge in [-0.2, -0.15) is 0 Å². The molecule has 136 valence electrons. The van der Waals surface area contributed by atoms with Crippen LogP contribution in [0.15, 0.2) is 54.6 Å². The number of benzene rings is 2. The molecule has 6 heteroatoms. The van der Waals surface area contributed by atoms with Gasteiger partial charge in [0, 0.05) is 29.9 Å². The maximum atomic E-state index is 12.8. The Bertz CT molecular complexity index is 1030. The van der Waals surface area contributed by atoms with Gasteiger partial charge in [0.05, 0.1) is 9.21 Å². The molecule has 0 bridgehead atoms. The number of fused-ring (bicyclic) bond motifs is 1. The minimum absolute atomic E-state index is 0.0131. The van der Waals surface area contributed by atoms with Gasteiger partial charge in [0.25, 0.3) is 11.8 Å². The molecule has 3 aromatic rings. The molecule has 2 amide bonds. The Morgan fingerprint density at radius 2 is 1.93 bits per heavy atom. The van der Waals surface area contributed by atoms with Crippen LogP contribution in [-0.4, -0.2) is 16.7 Å². The van der Waals surface area contributed by atoms with E-state index in [1.807, 2.05) is 43.3 Å². The molecule has 0 unspecified atom stereocenters. The number of halogens is 1. The van der Waals surface area contributed by atoms with E-state index in [-0.39, 0.29) is 11.8 Å². The molecule has 0 aliphatic carbocycles. The topological polar surface area (TPSA) is 49.4 Å². The summed E-state index contributed by atoms with van der Waals surface area (Å²) in [7, 11) is 0. The molecule has 0 atom stereocenters. The molecule has 0 radical (unpaired) electrons. The normalized spacial score (nSPS) is 13.0. The third kappa shape index (κ3) is 3.61. The second-order valence-electron chi connectivity index (χ2n) is 6.54. The molecule has 2 heterocycles. The summed E-state index contributed by atoms with van der Waals surface area (Å²) in [5.41, 5.74) is 4.44. The van der Waals surface area contributed by atoms with Crippen molar-refractivity contribution in [3.63, 3.8) is 0 Å². The van der Waals surface area contributed by atoms with Crippen LogP contribution in [0, 0.1) is 6.92 Å². The van der Waals surface area contributed by atoms with Gasteiger partial charge in [0.15, 0.2) is 0 Å². The second-order valence-corrected chi connectivity index (χ2v) is 8.25. The van der Waals surface area contributed by atoms with Crippen LogP contribution < -0.4 is 5.32 Å². The summed E-state index contributed by atoms with van der Waals surface area (Å²) in [6.45, 7) is 3.06. The monoisotopic (exact) mass is 396 g/mol. The van der Waals surface area contributed by atoms with Crippen LogP contribution in [0.4, 0.5) is 5.69 Å². The smallest absolute Gasteiger partial charge is 0.265 e. The van der Waals surface area contributed by atoms with Crippen LogP contribution in [0.25, 0.3) is 0 Å². The lowest BCUT2D eigenvalue weighted by Gasteiger charge is -2.16. The molecule has 0 saturated carbocycles. The van der Waals surface area contributed by atoms with E-state index < -0.39 is 0 Å². The van der Waals surface area contributed by atoms with Crippen molar-refractivity contribution in [3.8, 4) is 0 Å². The standard InChI is InChI=1S/C21H17ClN2O2S/c1-13-5-7-14(8-6-13)11-24-12-16-15(21(24)26)3-2-4-17(16)23-20(25)18-9-10-19(22)27-18/h2-10H,11-12H2,1H3,(H,23,25). The average molecular weight is 397 g/mol. The van der Waals surface area contributed by atoms with Crippen molar-refractivity contribution in [2.24, 2.45) is 0 Å². The first-order valence-electron chi connectivity index (χ1n) is 8.54. The molecule has 0 fully saturated rings. The summed E-state index contributed by atoms with van der Waals surface area (Å²) in [5.74, 6) is -0.231. The van der Waals surface area contributed by atoms with Crippen molar-refractivity contribution in [3.05, 3.63) is 86.1 Å². The van der Waals surface area contributed by atoms with Gasteiger partial charge in [-0.1, -0.05) is 47.5 Å². The third-order valence-electron chi connectivity index (χ3n) is 4.58.